The van der Waals surface area contributed by atoms with Crippen LogP contribution in [0.25, 0.3) is 22.1 Å². The summed E-state index contributed by atoms with van der Waals surface area (Å²) in [6.07, 6.45) is 4.36. The van der Waals surface area contributed by atoms with Crippen LogP contribution in [0.15, 0.2) is 77.4 Å². The number of ether oxygens (including phenoxy) is 2. The molecule has 6 nitrogen and oxygen atoms in total. The average Bonchev–Trinajstić information content (AvgIpc) is 3.29. The maximum Gasteiger partial charge on any atom is 0.260 e. The zero-order valence-electron chi connectivity index (χ0n) is 21.2. The van der Waals surface area contributed by atoms with Crippen molar-refractivity contribution in [2.45, 2.75) is 27.2 Å². The third-order valence-corrected chi connectivity index (χ3v) is 6.64. The van der Waals surface area contributed by atoms with Crippen LogP contribution in [0.2, 0.25) is 0 Å². The molecule has 0 fully saturated rings. The van der Waals surface area contributed by atoms with Gasteiger partial charge in [-0.25, -0.2) is 0 Å². The van der Waals surface area contributed by atoms with E-state index in [4.69, 9.17) is 13.9 Å². The summed E-state index contributed by atoms with van der Waals surface area (Å²) in [6.45, 7) is 7.15. The van der Waals surface area contributed by atoms with E-state index in [1.807, 2.05) is 87.5 Å². The number of hydrogen-bond donors (Lipinski definition) is 0. The smallest absolute Gasteiger partial charge is 0.260 e. The lowest BCUT2D eigenvalue weighted by Gasteiger charge is -2.18. The molecule has 1 amide bonds. The van der Waals surface area contributed by atoms with Crippen molar-refractivity contribution in [1.29, 1.82) is 0 Å². The molecule has 6 heteroatoms. The molecule has 188 valence electrons. The fourth-order valence-electron chi connectivity index (χ4n) is 4.55. The van der Waals surface area contributed by atoms with Crippen molar-refractivity contribution in [1.82, 2.24) is 4.90 Å². The monoisotopic (exact) mass is 495 g/mol. The van der Waals surface area contributed by atoms with E-state index in [9.17, 15) is 9.59 Å². The number of furan rings is 1. The molecule has 1 aromatic heterocycles. The molecule has 0 aliphatic carbocycles. The van der Waals surface area contributed by atoms with Gasteiger partial charge < -0.3 is 18.8 Å². The Labute approximate surface area is 216 Å². The van der Waals surface area contributed by atoms with Crippen molar-refractivity contribution < 1.29 is 23.5 Å². The summed E-state index contributed by atoms with van der Waals surface area (Å²) in [5.74, 6) is 1.35. The second-order valence-corrected chi connectivity index (χ2v) is 9.03. The second kappa shape index (κ2) is 10.3. The van der Waals surface area contributed by atoms with E-state index in [2.05, 4.69) is 0 Å². The van der Waals surface area contributed by atoms with Crippen LogP contribution in [0.5, 0.6) is 11.5 Å². The molecule has 0 atom stereocenters. The predicted octanol–water partition coefficient (Wildman–Crippen LogP) is 6.34. The Kier molecular flexibility index (Phi) is 6.82. The molecule has 0 unspecified atom stereocenters. The third-order valence-electron chi connectivity index (χ3n) is 6.64. The summed E-state index contributed by atoms with van der Waals surface area (Å²) in [6, 6.07) is 18.8. The first-order chi connectivity index (χ1) is 18.0. The summed E-state index contributed by atoms with van der Waals surface area (Å²) >= 11 is 0. The molecule has 0 bridgehead atoms. The normalized spacial score (nSPS) is 12.2. The maximum absolute atomic E-state index is 13.6. The van der Waals surface area contributed by atoms with Gasteiger partial charge in [-0.2, -0.15) is 0 Å². The van der Waals surface area contributed by atoms with Gasteiger partial charge in [0, 0.05) is 35.7 Å². The van der Waals surface area contributed by atoms with Crippen molar-refractivity contribution in [3.05, 3.63) is 95.5 Å². The average molecular weight is 496 g/mol. The van der Waals surface area contributed by atoms with Crippen LogP contribution in [0.3, 0.4) is 0 Å². The van der Waals surface area contributed by atoms with Crippen molar-refractivity contribution in [3.63, 3.8) is 0 Å². The van der Waals surface area contributed by atoms with E-state index in [0.29, 0.717) is 30.0 Å². The number of ketones is 1. The molecular weight excluding hydrogens is 466 g/mol. The number of aryl methyl sites for hydroxylation is 1. The van der Waals surface area contributed by atoms with Gasteiger partial charge in [-0.05, 0) is 62.6 Å². The van der Waals surface area contributed by atoms with E-state index in [1.54, 1.807) is 11.2 Å². The standard InChI is InChI=1S/C31H29NO5/c1-4-32(5-2)28(33)19-36-24-14-12-21(13-15-24)29-25-17-23-7-6-16-35-26(23)18-27(25)37-31(29)30(34)22-10-8-20(3)9-11-22/h6,8-18H,4-5,7,19H2,1-3H3. The first-order valence-corrected chi connectivity index (χ1v) is 12.5. The van der Waals surface area contributed by atoms with Gasteiger partial charge in [0.05, 0.1) is 6.26 Å². The highest BCUT2D eigenvalue weighted by Gasteiger charge is 2.25. The Balaban J connectivity index is 1.53. The number of rotatable bonds is 8. The minimum atomic E-state index is -0.187. The number of benzene rings is 3. The van der Waals surface area contributed by atoms with Crippen LogP contribution >= 0.6 is 0 Å². The highest BCUT2D eigenvalue weighted by molar-refractivity contribution is 6.16. The zero-order valence-corrected chi connectivity index (χ0v) is 21.2. The van der Waals surface area contributed by atoms with E-state index in [0.717, 1.165) is 39.8 Å². The Morgan fingerprint density at radius 3 is 2.41 bits per heavy atom. The molecule has 1 aliphatic heterocycles. The van der Waals surface area contributed by atoms with Gasteiger partial charge in [0.25, 0.3) is 5.91 Å². The van der Waals surface area contributed by atoms with Gasteiger partial charge in [0.1, 0.15) is 17.1 Å². The van der Waals surface area contributed by atoms with Gasteiger partial charge >= 0.3 is 0 Å². The Bertz CT molecular complexity index is 1480. The number of fused-ring (bicyclic) bond motifs is 2. The largest absolute Gasteiger partial charge is 0.484 e. The molecule has 3 aromatic carbocycles. The fourth-order valence-corrected chi connectivity index (χ4v) is 4.55. The quantitative estimate of drug-likeness (QED) is 0.267. The molecule has 0 radical (unpaired) electrons. The molecule has 1 aliphatic rings. The minimum absolute atomic E-state index is 0.0213. The third kappa shape index (κ3) is 4.87. The minimum Gasteiger partial charge on any atom is -0.484 e. The Morgan fingerprint density at radius 1 is 0.973 bits per heavy atom. The van der Waals surface area contributed by atoms with Crippen LogP contribution in [0.4, 0.5) is 0 Å². The van der Waals surface area contributed by atoms with Crippen molar-refractivity contribution >= 4 is 22.7 Å². The van der Waals surface area contributed by atoms with E-state index in [1.165, 1.54) is 0 Å². The van der Waals surface area contributed by atoms with Crippen LogP contribution < -0.4 is 9.47 Å². The molecule has 5 rings (SSSR count). The summed E-state index contributed by atoms with van der Waals surface area (Å²) in [7, 11) is 0. The molecule has 37 heavy (non-hydrogen) atoms. The number of nitrogens with zero attached hydrogens (tertiary/aromatic N) is 1. The Hall–Kier alpha value is -4.32. The van der Waals surface area contributed by atoms with Gasteiger partial charge in [-0.3, -0.25) is 9.59 Å². The predicted molar refractivity (Wildman–Crippen MR) is 143 cm³/mol. The summed E-state index contributed by atoms with van der Waals surface area (Å²) in [5.41, 5.74) is 4.80. The number of hydrogen-bond acceptors (Lipinski definition) is 5. The lowest BCUT2D eigenvalue weighted by atomic mass is 9.96. The van der Waals surface area contributed by atoms with Crippen molar-refractivity contribution in [3.8, 4) is 22.6 Å². The zero-order chi connectivity index (χ0) is 25.9. The fraction of sp³-hybridized carbons (Fsp3) is 0.226. The van der Waals surface area contributed by atoms with Crippen molar-refractivity contribution in [2.75, 3.05) is 19.7 Å². The molecular formula is C31H29NO5. The lowest BCUT2D eigenvalue weighted by Crippen LogP contribution is -2.34. The summed E-state index contributed by atoms with van der Waals surface area (Å²) in [5, 5.41) is 0.846. The first-order valence-electron chi connectivity index (χ1n) is 12.5. The number of carbonyl (C=O) groups is 2. The highest BCUT2D eigenvalue weighted by atomic mass is 16.5. The van der Waals surface area contributed by atoms with Crippen LogP contribution in [-0.2, 0) is 11.2 Å². The first kappa shape index (κ1) is 24.4. The molecule has 2 heterocycles. The van der Waals surface area contributed by atoms with E-state index in [-0.39, 0.29) is 24.1 Å². The summed E-state index contributed by atoms with van der Waals surface area (Å²) < 4.78 is 17.6. The topological polar surface area (TPSA) is 69.0 Å². The molecule has 0 saturated carbocycles. The van der Waals surface area contributed by atoms with E-state index < -0.39 is 0 Å². The number of amides is 1. The van der Waals surface area contributed by atoms with Gasteiger partial charge in [-0.15, -0.1) is 0 Å². The van der Waals surface area contributed by atoms with Crippen LogP contribution in [0, 0.1) is 6.92 Å². The van der Waals surface area contributed by atoms with Gasteiger partial charge in [-0.1, -0.05) is 42.0 Å². The van der Waals surface area contributed by atoms with Gasteiger partial charge in [0.2, 0.25) is 5.78 Å². The number of carbonyl (C=O) groups excluding carboxylic acids is 2. The Morgan fingerprint density at radius 2 is 1.70 bits per heavy atom. The maximum atomic E-state index is 13.6. The molecule has 0 saturated heterocycles. The highest BCUT2D eigenvalue weighted by Crippen LogP contribution is 2.40. The van der Waals surface area contributed by atoms with Gasteiger partial charge in [0.15, 0.2) is 12.4 Å². The van der Waals surface area contributed by atoms with E-state index >= 15 is 0 Å². The molecule has 4 aromatic rings. The molecule has 0 spiro atoms. The second-order valence-electron chi connectivity index (χ2n) is 9.03. The van der Waals surface area contributed by atoms with Crippen LogP contribution in [-0.4, -0.2) is 36.3 Å². The molecule has 0 N–H and O–H groups in total. The SMILES string of the molecule is CCN(CC)C(=O)COc1ccc(-c2c(C(=O)c3ccc(C)cc3)oc3cc4c(cc23)CC=CO4)cc1. The number of likely N-dealkylation sites (N-methyl/N-ethyl adjacent to an activating group) is 1. The number of allylic oxidation sites excluding steroid dienone is 1. The van der Waals surface area contributed by atoms with Crippen molar-refractivity contribution in [2.24, 2.45) is 0 Å². The van der Waals surface area contributed by atoms with Crippen LogP contribution in [0.1, 0.15) is 41.1 Å². The lowest BCUT2D eigenvalue weighted by molar-refractivity contribution is -0.132. The summed E-state index contributed by atoms with van der Waals surface area (Å²) in [4.78, 5) is 27.6.